The molecule has 0 saturated heterocycles. The Kier molecular flexibility index (Phi) is 4.04. The predicted molar refractivity (Wildman–Crippen MR) is 77.1 cm³/mol. The summed E-state index contributed by atoms with van der Waals surface area (Å²) in [6.07, 6.45) is 14.2. The number of carbonyl (C=O) groups excluding carboxylic acids is 1. The van der Waals surface area contributed by atoms with Crippen molar-refractivity contribution >= 4 is 5.97 Å². The lowest BCUT2D eigenvalue weighted by Gasteiger charge is -2.31. The maximum atomic E-state index is 12.2. The molecule has 2 bridgehead atoms. The Hall–Kier alpha value is -0.990. The minimum absolute atomic E-state index is 0.0883. The summed E-state index contributed by atoms with van der Waals surface area (Å²) in [7, 11) is 1.50. The van der Waals surface area contributed by atoms with Gasteiger partial charge in [-0.2, -0.15) is 0 Å². The van der Waals surface area contributed by atoms with Crippen LogP contribution in [0.25, 0.3) is 0 Å². The summed E-state index contributed by atoms with van der Waals surface area (Å²) in [5.74, 6) is 1.37. The first-order valence-corrected chi connectivity index (χ1v) is 8.22. The van der Waals surface area contributed by atoms with Gasteiger partial charge in [0.25, 0.3) is 0 Å². The quantitative estimate of drug-likeness (QED) is 0.733. The third-order valence-corrected chi connectivity index (χ3v) is 5.33. The van der Waals surface area contributed by atoms with E-state index in [0.717, 1.165) is 37.9 Å². The summed E-state index contributed by atoms with van der Waals surface area (Å²) in [5.41, 5.74) is -0.443. The van der Waals surface area contributed by atoms with E-state index < -0.39 is 5.41 Å². The summed E-state index contributed by atoms with van der Waals surface area (Å²) < 4.78 is 11.4. The molecule has 3 aliphatic rings. The van der Waals surface area contributed by atoms with Crippen molar-refractivity contribution in [3.05, 3.63) is 11.8 Å². The fourth-order valence-electron chi connectivity index (χ4n) is 4.17. The van der Waals surface area contributed by atoms with Gasteiger partial charge in [0.15, 0.2) is 0 Å². The van der Waals surface area contributed by atoms with Gasteiger partial charge in [0.2, 0.25) is 0 Å². The summed E-state index contributed by atoms with van der Waals surface area (Å²) in [6, 6.07) is 0. The first-order valence-electron chi connectivity index (χ1n) is 8.22. The molecule has 0 aromatic carbocycles. The second-order valence-electron chi connectivity index (χ2n) is 6.69. The smallest absolute Gasteiger partial charge is 0.319 e. The molecule has 3 rings (SSSR count). The van der Waals surface area contributed by atoms with Gasteiger partial charge in [-0.05, 0) is 56.9 Å². The number of carbonyl (C=O) groups is 1. The number of hydrogen-bond donors (Lipinski definition) is 0. The van der Waals surface area contributed by atoms with Gasteiger partial charge in [0.1, 0.15) is 11.2 Å². The van der Waals surface area contributed by atoms with Crippen LogP contribution >= 0.6 is 0 Å². The fraction of sp³-hybridized carbons (Fsp3) is 0.824. The van der Waals surface area contributed by atoms with E-state index in [2.05, 4.69) is 6.08 Å². The molecule has 0 amide bonds. The zero-order valence-electron chi connectivity index (χ0n) is 12.5. The van der Waals surface area contributed by atoms with Crippen molar-refractivity contribution < 1.29 is 14.3 Å². The lowest BCUT2D eigenvalue weighted by molar-refractivity contribution is -0.152. The minimum Gasteiger partial charge on any atom is -0.494 e. The molecule has 20 heavy (non-hydrogen) atoms. The Morgan fingerprint density at radius 1 is 1.15 bits per heavy atom. The monoisotopic (exact) mass is 278 g/mol. The van der Waals surface area contributed by atoms with E-state index >= 15 is 0 Å². The molecule has 112 valence electrons. The number of rotatable bonds is 3. The molecular formula is C17H26O3. The molecule has 0 aromatic heterocycles. The topological polar surface area (TPSA) is 35.5 Å². The van der Waals surface area contributed by atoms with Crippen LogP contribution in [0.3, 0.4) is 0 Å². The van der Waals surface area contributed by atoms with Crippen molar-refractivity contribution in [2.24, 2.45) is 11.3 Å². The van der Waals surface area contributed by atoms with Gasteiger partial charge >= 0.3 is 5.97 Å². The first kappa shape index (κ1) is 14.0. The molecule has 0 heterocycles. The number of esters is 1. The van der Waals surface area contributed by atoms with Gasteiger partial charge in [-0.3, -0.25) is 4.79 Å². The minimum atomic E-state index is -0.443. The molecule has 2 atom stereocenters. The van der Waals surface area contributed by atoms with Gasteiger partial charge in [0, 0.05) is 0 Å². The molecular weight excluding hydrogens is 252 g/mol. The first-order chi connectivity index (χ1) is 9.74. The zero-order chi connectivity index (χ0) is 14.0. The number of allylic oxidation sites excluding steroid dienone is 1. The summed E-state index contributed by atoms with van der Waals surface area (Å²) >= 11 is 0. The Morgan fingerprint density at radius 3 is 2.50 bits per heavy atom. The van der Waals surface area contributed by atoms with E-state index in [9.17, 15) is 4.79 Å². The van der Waals surface area contributed by atoms with E-state index in [0.29, 0.717) is 12.0 Å². The highest BCUT2D eigenvalue weighted by Gasteiger charge is 2.54. The lowest BCUT2D eigenvalue weighted by Crippen LogP contribution is -2.33. The van der Waals surface area contributed by atoms with Gasteiger partial charge < -0.3 is 9.47 Å². The van der Waals surface area contributed by atoms with E-state index in [1.54, 1.807) is 0 Å². The van der Waals surface area contributed by atoms with E-state index in [-0.39, 0.29) is 5.97 Å². The normalized spacial score (nSPS) is 34.2. The average Bonchev–Trinajstić information content (AvgIpc) is 2.99. The van der Waals surface area contributed by atoms with Crippen LogP contribution in [-0.4, -0.2) is 19.2 Å². The van der Waals surface area contributed by atoms with E-state index in [4.69, 9.17) is 9.47 Å². The van der Waals surface area contributed by atoms with E-state index in [1.165, 1.54) is 39.2 Å². The van der Waals surface area contributed by atoms with E-state index in [1.807, 2.05) is 0 Å². The van der Waals surface area contributed by atoms with Crippen LogP contribution in [-0.2, 0) is 14.3 Å². The maximum absolute atomic E-state index is 12.2. The van der Waals surface area contributed by atoms with Crippen LogP contribution in [0.1, 0.15) is 64.2 Å². The van der Waals surface area contributed by atoms with Crippen LogP contribution in [0.15, 0.2) is 11.8 Å². The zero-order valence-corrected chi connectivity index (χ0v) is 12.5. The third kappa shape index (κ3) is 2.47. The SMILES string of the molecule is COC(=O)C12CCC(C=C1OC1CCCCCCC1)C2. The van der Waals surface area contributed by atoms with Crippen molar-refractivity contribution in [3.8, 4) is 0 Å². The standard InChI is InChI=1S/C17H26O3/c1-19-16(18)17-10-9-13(12-17)11-15(17)20-14-7-5-3-2-4-6-8-14/h11,13-14H,2-10,12H2,1H3. The molecule has 2 fully saturated rings. The number of hydrogen-bond acceptors (Lipinski definition) is 3. The van der Waals surface area contributed by atoms with Crippen LogP contribution in [0.2, 0.25) is 0 Å². The van der Waals surface area contributed by atoms with Gasteiger partial charge in [-0.15, -0.1) is 0 Å². The highest BCUT2D eigenvalue weighted by molar-refractivity contribution is 5.81. The molecule has 3 nitrogen and oxygen atoms in total. The number of fused-ring (bicyclic) bond motifs is 2. The molecule has 2 unspecified atom stereocenters. The highest BCUT2D eigenvalue weighted by Crippen LogP contribution is 2.55. The Morgan fingerprint density at radius 2 is 1.85 bits per heavy atom. The van der Waals surface area contributed by atoms with Crippen LogP contribution in [0.5, 0.6) is 0 Å². The van der Waals surface area contributed by atoms with Crippen LogP contribution < -0.4 is 0 Å². The highest BCUT2D eigenvalue weighted by atomic mass is 16.5. The molecule has 0 radical (unpaired) electrons. The van der Waals surface area contributed by atoms with Gasteiger partial charge in [-0.25, -0.2) is 0 Å². The van der Waals surface area contributed by atoms with Crippen LogP contribution in [0.4, 0.5) is 0 Å². The predicted octanol–water partition coefficient (Wildman–Crippen LogP) is 3.97. The third-order valence-electron chi connectivity index (χ3n) is 5.33. The molecule has 0 N–H and O–H groups in total. The second kappa shape index (κ2) is 5.79. The molecule has 3 heteroatoms. The maximum Gasteiger partial charge on any atom is 0.319 e. The second-order valence-corrected chi connectivity index (χ2v) is 6.69. The Balaban J connectivity index is 1.69. The number of ether oxygens (including phenoxy) is 2. The summed E-state index contributed by atoms with van der Waals surface area (Å²) in [5, 5.41) is 0. The Bertz CT molecular complexity index is 393. The Labute approximate surface area is 121 Å². The molecule has 2 saturated carbocycles. The van der Waals surface area contributed by atoms with Gasteiger partial charge in [-0.1, -0.05) is 19.3 Å². The van der Waals surface area contributed by atoms with Gasteiger partial charge in [0.05, 0.1) is 13.2 Å². The van der Waals surface area contributed by atoms with Crippen molar-refractivity contribution in [1.29, 1.82) is 0 Å². The van der Waals surface area contributed by atoms with Crippen molar-refractivity contribution in [2.75, 3.05) is 7.11 Å². The summed E-state index contributed by atoms with van der Waals surface area (Å²) in [4.78, 5) is 12.2. The number of methoxy groups -OCH3 is 1. The average molecular weight is 278 g/mol. The van der Waals surface area contributed by atoms with Crippen LogP contribution in [0, 0.1) is 11.3 Å². The lowest BCUT2D eigenvalue weighted by atomic mass is 9.85. The summed E-state index contributed by atoms with van der Waals surface area (Å²) in [6.45, 7) is 0. The molecule has 0 spiro atoms. The molecule has 0 aliphatic heterocycles. The fourth-order valence-corrected chi connectivity index (χ4v) is 4.17. The molecule has 0 aromatic rings. The molecule has 3 aliphatic carbocycles. The van der Waals surface area contributed by atoms with Crippen molar-refractivity contribution in [1.82, 2.24) is 0 Å². The van der Waals surface area contributed by atoms with Crippen molar-refractivity contribution in [2.45, 2.75) is 70.3 Å². The van der Waals surface area contributed by atoms with Crippen molar-refractivity contribution in [3.63, 3.8) is 0 Å². The largest absolute Gasteiger partial charge is 0.494 e.